The lowest BCUT2D eigenvalue weighted by atomic mass is 9.75. The summed E-state index contributed by atoms with van der Waals surface area (Å²) in [7, 11) is 1.19. The lowest BCUT2D eigenvalue weighted by Gasteiger charge is -2.45. The largest absolute Gasteiger partial charge is 0.454 e. The normalized spacial score (nSPS) is 35.3. The van der Waals surface area contributed by atoms with Crippen molar-refractivity contribution in [2.75, 3.05) is 13.7 Å². The van der Waals surface area contributed by atoms with Gasteiger partial charge in [-0.05, 0) is 24.8 Å². The molecular formula is C30H35N5O13. The summed E-state index contributed by atoms with van der Waals surface area (Å²) in [6, 6.07) is 7.79. The number of benzene rings is 1. The lowest BCUT2D eigenvalue weighted by molar-refractivity contribution is -0.303. The van der Waals surface area contributed by atoms with Gasteiger partial charge in [-0.1, -0.05) is 30.3 Å². The molecule has 2 aromatic rings. The quantitative estimate of drug-likeness (QED) is 0.142. The third-order valence-corrected chi connectivity index (χ3v) is 9.08. The first-order chi connectivity index (χ1) is 23.0. The zero-order valence-electron chi connectivity index (χ0n) is 25.6. The molecule has 4 aliphatic heterocycles. The molecule has 0 radical (unpaired) electrons. The summed E-state index contributed by atoms with van der Waals surface area (Å²) in [5.74, 6) is -5.16. The summed E-state index contributed by atoms with van der Waals surface area (Å²) in [6.45, 7) is 0.420. The summed E-state index contributed by atoms with van der Waals surface area (Å²) in [4.78, 5) is 79.6. The topological polar surface area (TPSA) is 260 Å². The van der Waals surface area contributed by atoms with Crippen molar-refractivity contribution in [3.05, 3.63) is 69.0 Å². The van der Waals surface area contributed by atoms with Crippen LogP contribution >= 0.6 is 0 Å². The molecule has 4 aliphatic rings. The molecule has 4 saturated heterocycles. The van der Waals surface area contributed by atoms with Gasteiger partial charge in [-0.2, -0.15) is 0 Å². The highest BCUT2D eigenvalue weighted by Gasteiger charge is 2.69. The molecule has 3 amide bonds. The van der Waals surface area contributed by atoms with Crippen molar-refractivity contribution in [3.8, 4) is 0 Å². The van der Waals surface area contributed by atoms with Crippen molar-refractivity contribution in [3.63, 3.8) is 0 Å². The summed E-state index contributed by atoms with van der Waals surface area (Å²) in [6.07, 6.45) is -10.3. The van der Waals surface area contributed by atoms with Crippen LogP contribution < -0.4 is 27.6 Å². The lowest BCUT2D eigenvalue weighted by Crippen LogP contribution is -2.65. The molecule has 18 nitrogen and oxygen atoms in total. The van der Waals surface area contributed by atoms with E-state index in [4.69, 9.17) is 29.4 Å². The van der Waals surface area contributed by atoms with Crippen LogP contribution in [0.3, 0.4) is 0 Å². The van der Waals surface area contributed by atoms with Crippen LogP contribution in [0.5, 0.6) is 0 Å². The Hall–Kier alpha value is -4.46. The SMILES string of the molecule is CO[C@H]1[C@@H](O)[C@H](n2ccc(=O)[nH]c2=O)O[C@@H]1[C@@H](O[C@H]1O[C@](C(=O)N[C@H]2CCCCNC2=O)(c2ccccc2)[C@@H]2C(=O)O[C@H]1[C@@H]2O)C(N)=O. The molecule has 1 aromatic carbocycles. The standard InChI is InChI=1S/C30H35N5O13/c1-44-19-18(38)25(35-12-10-15(36)34-29(35)43)45-21(19)22(23(31)39)47-27-20-17(37)16(26(41)46-20)30(48-27,13-7-3-2-4-8-13)28(42)33-14-9-5-6-11-32-24(14)40/h2-4,7-8,10,12,14,16-22,25,27,37-38H,5-6,9,11H2,1H3,(H2,31,39)(H,32,40)(H,33,42)(H,34,36,43)/t14-,16-,17+,18+,19-,20-,21-,22+,25+,27-,30+/m0/s1. The van der Waals surface area contributed by atoms with Gasteiger partial charge < -0.3 is 50.3 Å². The van der Waals surface area contributed by atoms with Crippen LogP contribution in [-0.4, -0.2) is 106 Å². The number of aromatic nitrogens is 2. The zero-order valence-corrected chi connectivity index (χ0v) is 25.6. The number of ether oxygens (including phenoxy) is 5. The predicted octanol–water partition coefficient (Wildman–Crippen LogP) is -3.38. The van der Waals surface area contributed by atoms with Crippen LogP contribution in [0.15, 0.2) is 52.2 Å². The van der Waals surface area contributed by atoms with Gasteiger partial charge in [0, 0.05) is 25.9 Å². The van der Waals surface area contributed by atoms with E-state index in [0.29, 0.717) is 25.8 Å². The van der Waals surface area contributed by atoms with Crippen molar-refractivity contribution in [1.82, 2.24) is 20.2 Å². The number of rotatable bonds is 9. The molecule has 258 valence electrons. The number of hydrogen-bond donors (Lipinski definition) is 6. The van der Waals surface area contributed by atoms with Gasteiger partial charge in [-0.25, -0.2) is 4.79 Å². The van der Waals surface area contributed by atoms with Gasteiger partial charge in [-0.15, -0.1) is 0 Å². The number of nitrogens with two attached hydrogens (primary N) is 1. The Kier molecular flexibility index (Phi) is 9.20. The van der Waals surface area contributed by atoms with Crippen LogP contribution in [0.25, 0.3) is 0 Å². The van der Waals surface area contributed by atoms with E-state index in [1.165, 1.54) is 19.2 Å². The molecule has 0 aliphatic carbocycles. The van der Waals surface area contributed by atoms with E-state index in [9.17, 15) is 39.0 Å². The van der Waals surface area contributed by atoms with E-state index >= 15 is 0 Å². The maximum atomic E-state index is 14.3. The van der Waals surface area contributed by atoms with Crippen molar-refractivity contribution in [2.45, 2.75) is 80.0 Å². The Morgan fingerprint density at radius 3 is 2.54 bits per heavy atom. The number of primary amides is 1. The van der Waals surface area contributed by atoms with E-state index < -0.39 is 102 Å². The van der Waals surface area contributed by atoms with E-state index in [0.717, 1.165) is 16.8 Å². The number of carbonyl (C=O) groups is 4. The molecule has 0 unspecified atom stereocenters. The maximum Gasteiger partial charge on any atom is 0.330 e. The molecular weight excluding hydrogens is 638 g/mol. The number of fused-ring (bicyclic) bond motifs is 2. The molecule has 18 heteroatoms. The highest BCUT2D eigenvalue weighted by molar-refractivity contribution is 5.97. The van der Waals surface area contributed by atoms with Gasteiger partial charge in [0.1, 0.15) is 36.4 Å². The Morgan fingerprint density at radius 1 is 1.10 bits per heavy atom. The number of aliphatic hydroxyl groups is 2. The van der Waals surface area contributed by atoms with Crippen LogP contribution in [-0.2, 0) is 48.5 Å². The van der Waals surface area contributed by atoms with Crippen molar-refractivity contribution >= 4 is 23.7 Å². The highest BCUT2D eigenvalue weighted by atomic mass is 16.7. The first-order valence-electron chi connectivity index (χ1n) is 15.3. The third-order valence-electron chi connectivity index (χ3n) is 9.08. The predicted molar refractivity (Wildman–Crippen MR) is 157 cm³/mol. The van der Waals surface area contributed by atoms with Gasteiger partial charge >= 0.3 is 11.7 Å². The number of nitrogens with zero attached hydrogens (tertiary/aromatic N) is 1. The molecule has 7 N–H and O–H groups in total. The average Bonchev–Trinajstić information content (AvgIpc) is 3.38. The molecule has 6 rings (SSSR count). The molecule has 4 fully saturated rings. The molecule has 48 heavy (non-hydrogen) atoms. The van der Waals surface area contributed by atoms with Gasteiger partial charge in [-0.3, -0.25) is 33.5 Å². The van der Waals surface area contributed by atoms with Gasteiger partial charge in [0.2, 0.25) is 11.8 Å². The third kappa shape index (κ3) is 5.69. The second-order valence-electron chi connectivity index (χ2n) is 11.9. The second kappa shape index (κ2) is 13.2. The number of hydrogen-bond acceptors (Lipinski definition) is 13. The van der Waals surface area contributed by atoms with E-state index in [2.05, 4.69) is 10.6 Å². The van der Waals surface area contributed by atoms with Crippen LogP contribution in [0.1, 0.15) is 31.1 Å². The van der Waals surface area contributed by atoms with Gasteiger partial charge in [0.25, 0.3) is 11.5 Å². The number of aliphatic hydroxyl groups excluding tert-OH is 2. The zero-order chi connectivity index (χ0) is 34.3. The Labute approximate surface area is 271 Å². The summed E-state index contributed by atoms with van der Waals surface area (Å²) in [5, 5.41) is 27.9. The highest BCUT2D eigenvalue weighted by Crippen LogP contribution is 2.49. The second-order valence-corrected chi connectivity index (χ2v) is 11.9. The fourth-order valence-corrected chi connectivity index (χ4v) is 6.76. The summed E-state index contributed by atoms with van der Waals surface area (Å²) >= 11 is 0. The van der Waals surface area contributed by atoms with Gasteiger partial charge in [0.15, 0.2) is 30.3 Å². The van der Waals surface area contributed by atoms with E-state index in [1.807, 2.05) is 4.98 Å². The van der Waals surface area contributed by atoms with E-state index in [-0.39, 0.29) is 5.56 Å². The Bertz CT molecular complexity index is 1680. The van der Waals surface area contributed by atoms with Crippen molar-refractivity contribution in [1.29, 1.82) is 0 Å². The number of nitrogens with one attached hydrogen (secondary N) is 3. The minimum atomic E-state index is -2.33. The Morgan fingerprint density at radius 2 is 1.85 bits per heavy atom. The summed E-state index contributed by atoms with van der Waals surface area (Å²) < 4.78 is 29.9. The monoisotopic (exact) mass is 673 g/mol. The van der Waals surface area contributed by atoms with Gasteiger partial charge in [0.05, 0.1) is 0 Å². The smallest absolute Gasteiger partial charge is 0.330 e. The molecule has 5 heterocycles. The number of aromatic amines is 1. The van der Waals surface area contributed by atoms with E-state index in [1.54, 1.807) is 18.2 Å². The fraction of sp³-hybridized carbons (Fsp3) is 0.533. The average molecular weight is 674 g/mol. The molecule has 0 spiro atoms. The molecule has 0 saturated carbocycles. The van der Waals surface area contributed by atoms with Crippen molar-refractivity contribution < 1.29 is 53.1 Å². The molecule has 1 aromatic heterocycles. The minimum Gasteiger partial charge on any atom is -0.454 e. The minimum absolute atomic E-state index is 0.113. The number of esters is 1. The number of methoxy groups -OCH3 is 1. The van der Waals surface area contributed by atoms with Crippen LogP contribution in [0.2, 0.25) is 0 Å². The van der Waals surface area contributed by atoms with Crippen LogP contribution in [0.4, 0.5) is 0 Å². The first kappa shape index (κ1) is 33.4. The number of carbonyl (C=O) groups excluding carboxylic acids is 4. The maximum absolute atomic E-state index is 14.3. The first-order valence-corrected chi connectivity index (χ1v) is 15.3. The number of H-pyrrole nitrogens is 1. The Balaban J connectivity index is 1.36. The molecule has 11 atom stereocenters. The van der Waals surface area contributed by atoms with Crippen molar-refractivity contribution in [2.24, 2.45) is 11.7 Å². The summed E-state index contributed by atoms with van der Waals surface area (Å²) in [5.41, 5.74) is 1.89. The molecule has 2 bridgehead atoms. The fourth-order valence-electron chi connectivity index (χ4n) is 6.76. The number of amides is 3. The van der Waals surface area contributed by atoms with Crippen LogP contribution in [0, 0.1) is 5.92 Å².